The van der Waals surface area contributed by atoms with Gasteiger partial charge in [-0.2, -0.15) is 13.9 Å². The van der Waals surface area contributed by atoms with Gasteiger partial charge in [0.25, 0.3) is 24.2 Å². The van der Waals surface area contributed by atoms with Crippen LogP contribution in [0.25, 0.3) is 11.1 Å². The molecular formula is C35H33F9N8O3. The second-order valence-corrected chi connectivity index (χ2v) is 13.0. The quantitative estimate of drug-likeness (QED) is 0.149. The largest absolute Gasteiger partial charge is 0.379 e. The predicted molar refractivity (Wildman–Crippen MR) is 177 cm³/mol. The number of halogens is 9. The maximum absolute atomic E-state index is 15.1. The van der Waals surface area contributed by atoms with Crippen molar-refractivity contribution in [3.63, 3.8) is 0 Å². The Labute approximate surface area is 307 Å². The Morgan fingerprint density at radius 3 is 2.31 bits per heavy atom. The van der Waals surface area contributed by atoms with Crippen LogP contribution in [0.15, 0.2) is 42.6 Å². The van der Waals surface area contributed by atoms with Gasteiger partial charge >= 0.3 is 0 Å². The number of aromatic nitrogens is 4. The fraction of sp³-hybridized carbons (Fsp3) is 0.400. The molecule has 2 aromatic heterocycles. The van der Waals surface area contributed by atoms with Crippen LogP contribution in [0.3, 0.4) is 0 Å². The molecule has 1 saturated heterocycles. The number of amides is 2. The number of hydrogen-bond donors (Lipinski definition) is 3. The van der Waals surface area contributed by atoms with Crippen molar-refractivity contribution >= 4 is 17.8 Å². The van der Waals surface area contributed by atoms with Crippen molar-refractivity contribution in [3.05, 3.63) is 93.8 Å². The molecule has 2 aromatic carbocycles. The average Bonchev–Trinajstić information content (AvgIpc) is 3.52. The summed E-state index contributed by atoms with van der Waals surface area (Å²) < 4.78 is 136. The minimum Gasteiger partial charge on any atom is -0.379 e. The zero-order valence-electron chi connectivity index (χ0n) is 28.7. The highest BCUT2D eigenvalue weighted by molar-refractivity contribution is 5.94. The number of nitrogens with two attached hydrogens (primary N) is 1. The lowest BCUT2D eigenvalue weighted by Crippen LogP contribution is -2.39. The minimum atomic E-state index is -4.10. The van der Waals surface area contributed by atoms with Crippen molar-refractivity contribution in [1.29, 1.82) is 0 Å². The van der Waals surface area contributed by atoms with E-state index in [1.165, 1.54) is 12.3 Å². The Balaban J connectivity index is 1.41. The van der Waals surface area contributed by atoms with Crippen LogP contribution in [0.2, 0.25) is 0 Å². The number of nitrogens with one attached hydrogen (secondary N) is 2. The first kappa shape index (κ1) is 39.5. The highest BCUT2D eigenvalue weighted by Crippen LogP contribution is 2.52. The molecule has 11 nitrogen and oxygen atoms in total. The van der Waals surface area contributed by atoms with Crippen LogP contribution >= 0.6 is 0 Å². The number of benzene rings is 2. The monoisotopic (exact) mass is 784 g/mol. The SMILES string of the molecule is NC(=O)c1cc(-c2cnc(NCCN3CCOCC3)nc2C(Cc2cc(F)cc(F)c2)NC(=O)Cn2nc(C(F)F)c3c2C(F)(F)CCC3(F)F)ccc1F. The highest BCUT2D eigenvalue weighted by atomic mass is 19.3. The van der Waals surface area contributed by atoms with Crippen molar-refractivity contribution in [3.8, 4) is 11.1 Å². The van der Waals surface area contributed by atoms with Crippen LogP contribution in [0.1, 0.15) is 63.9 Å². The topological polar surface area (TPSA) is 140 Å². The van der Waals surface area contributed by atoms with Crippen LogP contribution in [0.4, 0.5) is 45.5 Å². The molecule has 1 aliphatic carbocycles. The van der Waals surface area contributed by atoms with E-state index in [2.05, 4.69) is 30.6 Å². The van der Waals surface area contributed by atoms with Gasteiger partial charge in [-0.3, -0.25) is 19.2 Å². The Morgan fingerprint density at radius 2 is 1.64 bits per heavy atom. The summed E-state index contributed by atoms with van der Waals surface area (Å²) in [6.45, 7) is 1.98. The number of ether oxygens (including phenoxy) is 1. The first-order valence-corrected chi connectivity index (χ1v) is 16.9. The van der Waals surface area contributed by atoms with Crippen LogP contribution in [-0.4, -0.2) is 75.9 Å². The van der Waals surface area contributed by atoms with Crippen LogP contribution < -0.4 is 16.4 Å². The summed E-state index contributed by atoms with van der Waals surface area (Å²) in [4.78, 5) is 36.7. The van der Waals surface area contributed by atoms with Gasteiger partial charge < -0.3 is 21.1 Å². The summed E-state index contributed by atoms with van der Waals surface area (Å²) in [7, 11) is 0. The predicted octanol–water partition coefficient (Wildman–Crippen LogP) is 5.62. The summed E-state index contributed by atoms with van der Waals surface area (Å²) >= 11 is 0. The summed E-state index contributed by atoms with van der Waals surface area (Å²) in [6.07, 6.45) is -5.73. The van der Waals surface area contributed by atoms with Gasteiger partial charge in [0, 0.05) is 56.8 Å². The number of fused-ring (bicyclic) bond motifs is 1. The Bertz CT molecular complexity index is 2050. The standard InChI is InChI=1S/C35H33F9N8O3/c36-20-11-18(12-21(37)15-20)13-25(48-26(53)17-52-30-27(29(50-52)31(39)40)34(41,42)3-4-35(30,43)44)28-23(19-1-2-24(38)22(14-19)32(45)54)16-47-33(49-28)46-5-6-51-7-9-55-10-8-51/h1-2,11-12,14-16,25,31H,3-10,13,17H2,(H2,45,54)(H,48,53)(H,46,47,49). The van der Waals surface area contributed by atoms with Gasteiger partial charge in [0.05, 0.1) is 36.1 Å². The molecule has 4 aromatic rings. The van der Waals surface area contributed by atoms with Gasteiger partial charge in [-0.05, 0) is 41.8 Å². The molecule has 1 atom stereocenters. The van der Waals surface area contributed by atoms with E-state index < -0.39 is 102 Å². The van der Waals surface area contributed by atoms with Crippen molar-refractivity contribution in [2.24, 2.45) is 5.73 Å². The molecule has 6 rings (SSSR count). The lowest BCUT2D eigenvalue weighted by Gasteiger charge is -2.29. The smallest absolute Gasteiger partial charge is 0.290 e. The van der Waals surface area contributed by atoms with Crippen LogP contribution in [-0.2, 0) is 34.3 Å². The third-order valence-corrected chi connectivity index (χ3v) is 9.15. The second-order valence-electron chi connectivity index (χ2n) is 13.0. The molecule has 55 heavy (non-hydrogen) atoms. The van der Waals surface area contributed by atoms with Crippen LogP contribution in [0, 0.1) is 17.5 Å². The molecular weight excluding hydrogens is 751 g/mol. The lowest BCUT2D eigenvalue weighted by atomic mass is 9.89. The maximum Gasteiger partial charge on any atom is 0.290 e. The number of morpholine rings is 1. The third-order valence-electron chi connectivity index (χ3n) is 9.15. The van der Waals surface area contributed by atoms with Crippen molar-refractivity contribution in [1.82, 2.24) is 30.0 Å². The van der Waals surface area contributed by atoms with E-state index in [0.29, 0.717) is 45.5 Å². The van der Waals surface area contributed by atoms with Crippen molar-refractivity contribution in [2.75, 3.05) is 44.7 Å². The summed E-state index contributed by atoms with van der Waals surface area (Å²) in [5.74, 6) is -13.5. The lowest BCUT2D eigenvalue weighted by molar-refractivity contribution is -0.123. The molecule has 0 bridgehead atoms. The Kier molecular flexibility index (Phi) is 11.4. The molecule has 294 valence electrons. The van der Waals surface area contributed by atoms with Gasteiger partial charge in [0.1, 0.15) is 35.4 Å². The van der Waals surface area contributed by atoms with Gasteiger partial charge in [-0.1, -0.05) is 6.07 Å². The van der Waals surface area contributed by atoms with E-state index in [0.717, 1.165) is 24.3 Å². The van der Waals surface area contributed by atoms with E-state index in [-0.39, 0.29) is 33.0 Å². The molecule has 2 amide bonds. The van der Waals surface area contributed by atoms with Gasteiger partial charge in [0.15, 0.2) is 0 Å². The van der Waals surface area contributed by atoms with E-state index in [1.54, 1.807) is 0 Å². The minimum absolute atomic E-state index is 0.0153. The first-order chi connectivity index (χ1) is 26.0. The second kappa shape index (κ2) is 15.9. The summed E-state index contributed by atoms with van der Waals surface area (Å²) in [6, 6.07) is 4.27. The van der Waals surface area contributed by atoms with Gasteiger partial charge in [-0.15, -0.1) is 0 Å². The fourth-order valence-corrected chi connectivity index (χ4v) is 6.59. The summed E-state index contributed by atoms with van der Waals surface area (Å²) in [5.41, 5.74) is 0.0166. The number of carbonyl (C=O) groups excluding carboxylic acids is 2. The van der Waals surface area contributed by atoms with E-state index in [1.807, 2.05) is 0 Å². The molecule has 3 heterocycles. The Morgan fingerprint density at radius 1 is 0.945 bits per heavy atom. The Hall–Kier alpha value is -5.24. The van der Waals surface area contributed by atoms with E-state index in [9.17, 15) is 40.3 Å². The molecule has 0 saturated carbocycles. The van der Waals surface area contributed by atoms with E-state index >= 15 is 8.78 Å². The first-order valence-electron chi connectivity index (χ1n) is 16.9. The number of anilines is 1. The molecule has 0 radical (unpaired) electrons. The number of hydrogen-bond acceptors (Lipinski definition) is 8. The number of rotatable bonds is 13. The molecule has 0 spiro atoms. The van der Waals surface area contributed by atoms with Crippen molar-refractivity contribution < 1.29 is 53.8 Å². The molecule has 4 N–H and O–H groups in total. The molecule has 1 unspecified atom stereocenters. The fourth-order valence-electron chi connectivity index (χ4n) is 6.59. The van der Waals surface area contributed by atoms with Gasteiger partial charge in [-0.25, -0.2) is 40.7 Å². The number of alkyl halides is 6. The number of nitrogens with zero attached hydrogens (tertiary/aromatic N) is 5. The average molecular weight is 785 g/mol. The summed E-state index contributed by atoms with van der Waals surface area (Å²) in [5, 5.41) is 8.83. The number of carbonyl (C=O) groups is 2. The zero-order valence-corrected chi connectivity index (χ0v) is 28.7. The molecule has 1 aliphatic heterocycles. The zero-order chi connectivity index (χ0) is 39.7. The molecule has 20 heteroatoms. The van der Waals surface area contributed by atoms with Gasteiger partial charge in [0.2, 0.25) is 11.9 Å². The van der Waals surface area contributed by atoms with Crippen molar-refractivity contribution in [2.45, 2.75) is 50.1 Å². The van der Waals surface area contributed by atoms with E-state index in [4.69, 9.17) is 10.5 Å². The normalized spacial score (nSPS) is 17.1. The highest BCUT2D eigenvalue weighted by Gasteiger charge is 2.55. The molecule has 2 aliphatic rings. The third kappa shape index (κ3) is 8.85. The molecule has 1 fully saturated rings. The maximum atomic E-state index is 15.1. The van der Waals surface area contributed by atoms with Crippen LogP contribution in [0.5, 0.6) is 0 Å². The number of primary amides is 1.